The van der Waals surface area contributed by atoms with Gasteiger partial charge in [0.05, 0.1) is 5.57 Å². The van der Waals surface area contributed by atoms with Crippen molar-refractivity contribution in [2.75, 3.05) is 20.6 Å². The lowest BCUT2D eigenvalue weighted by molar-refractivity contribution is -0.114. The number of nitrogens with zero attached hydrogens (tertiary/aromatic N) is 1. The lowest BCUT2D eigenvalue weighted by Crippen LogP contribution is -2.32. The Bertz CT molecular complexity index is 802. The molecule has 0 fully saturated rings. The number of hydrogen-bond donors (Lipinski definition) is 2. The molecule has 0 aromatic heterocycles. The predicted molar refractivity (Wildman–Crippen MR) is 123 cm³/mol. The molecule has 1 rings (SSSR count). The summed E-state index contributed by atoms with van der Waals surface area (Å²) in [5.41, 5.74) is 8.79. The molecule has 1 aromatic rings. The van der Waals surface area contributed by atoms with Crippen molar-refractivity contribution in [3.8, 4) is 0 Å². The summed E-state index contributed by atoms with van der Waals surface area (Å²) in [6, 6.07) is 8.16. The fourth-order valence-electron chi connectivity index (χ4n) is 3.05. The van der Waals surface area contributed by atoms with Crippen LogP contribution in [0.15, 0.2) is 41.6 Å². The highest BCUT2D eigenvalue weighted by atomic mass is 16.6. The molecule has 0 bridgehead atoms. The first-order valence-electron chi connectivity index (χ1n) is 10.3. The second kappa shape index (κ2) is 11.6. The Morgan fingerprint density at radius 3 is 2.33 bits per heavy atom. The molecule has 2 amide bonds. The maximum Gasteiger partial charge on any atom is 0.411 e. The fraction of sp³-hybridized carbons (Fsp3) is 0.500. The van der Waals surface area contributed by atoms with Crippen LogP contribution in [0.25, 0.3) is 5.57 Å². The van der Waals surface area contributed by atoms with Crippen molar-refractivity contribution in [1.82, 2.24) is 10.2 Å². The number of ether oxygens (including phenoxy) is 1. The van der Waals surface area contributed by atoms with E-state index < -0.39 is 17.6 Å². The molecule has 0 spiro atoms. The van der Waals surface area contributed by atoms with Crippen LogP contribution in [0.3, 0.4) is 0 Å². The molecule has 0 heterocycles. The van der Waals surface area contributed by atoms with Gasteiger partial charge in [0.1, 0.15) is 5.60 Å². The van der Waals surface area contributed by atoms with Gasteiger partial charge in [0.25, 0.3) is 0 Å². The number of benzene rings is 1. The first-order chi connectivity index (χ1) is 13.9. The third kappa shape index (κ3) is 9.27. The highest BCUT2D eigenvalue weighted by molar-refractivity contribution is 5.98. The summed E-state index contributed by atoms with van der Waals surface area (Å²) in [5.74, 6) is -0.605. The highest BCUT2D eigenvalue weighted by Crippen LogP contribution is 2.23. The predicted octanol–water partition coefficient (Wildman–Crippen LogP) is 4.26. The maximum absolute atomic E-state index is 12.1. The number of carbonyl (C=O) groups excluding carboxylic acids is 2. The Morgan fingerprint density at radius 2 is 1.77 bits per heavy atom. The van der Waals surface area contributed by atoms with Crippen LogP contribution < -0.4 is 11.1 Å². The SMILES string of the molecule is C/C(NC(=O)OC(C)(C)C)=C(\C=C(/C)c1ccccc1CCCCN(C)C)C(N)=O. The first-order valence-corrected chi connectivity index (χ1v) is 10.3. The third-order valence-corrected chi connectivity index (χ3v) is 4.46. The van der Waals surface area contributed by atoms with Gasteiger partial charge in [-0.25, -0.2) is 4.79 Å². The van der Waals surface area contributed by atoms with E-state index in [1.807, 2.05) is 25.1 Å². The van der Waals surface area contributed by atoms with Crippen LogP contribution in [0.2, 0.25) is 0 Å². The van der Waals surface area contributed by atoms with E-state index in [2.05, 4.69) is 30.4 Å². The average Bonchev–Trinajstić information content (AvgIpc) is 2.61. The lowest BCUT2D eigenvalue weighted by atomic mass is 9.95. The summed E-state index contributed by atoms with van der Waals surface area (Å²) < 4.78 is 5.26. The summed E-state index contributed by atoms with van der Waals surface area (Å²) in [7, 11) is 4.15. The monoisotopic (exact) mass is 415 g/mol. The molecule has 6 heteroatoms. The zero-order valence-corrected chi connectivity index (χ0v) is 19.5. The van der Waals surface area contributed by atoms with Crippen LogP contribution >= 0.6 is 0 Å². The van der Waals surface area contributed by atoms with Crippen molar-refractivity contribution in [2.24, 2.45) is 5.73 Å². The van der Waals surface area contributed by atoms with Crippen LogP contribution in [0.4, 0.5) is 4.79 Å². The maximum atomic E-state index is 12.1. The first kappa shape index (κ1) is 25.4. The number of nitrogens with one attached hydrogen (secondary N) is 1. The second-order valence-corrected chi connectivity index (χ2v) is 8.77. The number of aryl methyl sites for hydroxylation is 1. The molecule has 0 aliphatic carbocycles. The molecule has 6 nitrogen and oxygen atoms in total. The van der Waals surface area contributed by atoms with Gasteiger partial charge in [-0.15, -0.1) is 0 Å². The van der Waals surface area contributed by atoms with Crippen LogP contribution in [-0.2, 0) is 16.0 Å². The zero-order chi connectivity index (χ0) is 22.9. The Labute approximate surface area is 181 Å². The van der Waals surface area contributed by atoms with Gasteiger partial charge in [-0.05, 0) is 97.3 Å². The number of hydrogen-bond acceptors (Lipinski definition) is 4. The highest BCUT2D eigenvalue weighted by Gasteiger charge is 2.18. The molecule has 0 saturated carbocycles. The minimum atomic E-state index is -0.630. The van der Waals surface area contributed by atoms with Crippen molar-refractivity contribution >= 4 is 17.6 Å². The van der Waals surface area contributed by atoms with Crippen molar-refractivity contribution in [3.63, 3.8) is 0 Å². The standard InChI is InChI=1S/C24H37N3O3/c1-17(20-14-9-8-12-19(20)13-10-11-15-27(6)7)16-21(22(25)28)18(2)26-23(29)30-24(3,4)5/h8-9,12,14,16H,10-11,13,15H2,1-7H3,(H2,25,28)(H,26,29)/b17-16+,21-18-. The number of rotatable bonds is 9. The number of unbranched alkanes of at least 4 members (excludes halogenated alkanes) is 1. The zero-order valence-electron chi connectivity index (χ0n) is 19.5. The minimum absolute atomic E-state index is 0.251. The number of primary amides is 1. The van der Waals surface area contributed by atoms with Crippen molar-refractivity contribution in [2.45, 2.75) is 59.5 Å². The van der Waals surface area contributed by atoms with E-state index in [4.69, 9.17) is 10.5 Å². The quantitative estimate of drug-likeness (QED) is 0.359. The van der Waals surface area contributed by atoms with Crippen LogP contribution in [0.5, 0.6) is 0 Å². The third-order valence-electron chi connectivity index (χ3n) is 4.46. The fourth-order valence-corrected chi connectivity index (χ4v) is 3.05. The summed E-state index contributed by atoms with van der Waals surface area (Å²) in [6.45, 7) is 9.98. The van der Waals surface area contributed by atoms with Crippen molar-refractivity contribution < 1.29 is 14.3 Å². The number of allylic oxidation sites excluding steroid dienone is 2. The average molecular weight is 416 g/mol. The van der Waals surface area contributed by atoms with E-state index in [9.17, 15) is 9.59 Å². The Balaban J connectivity index is 3.08. The Kier molecular flexibility index (Phi) is 9.79. The van der Waals surface area contributed by atoms with E-state index in [0.717, 1.165) is 36.9 Å². The number of alkyl carbamates (subject to hydrolysis) is 1. The number of nitrogens with two attached hydrogens (primary N) is 1. The molecule has 0 aliphatic heterocycles. The molecule has 1 aromatic carbocycles. The van der Waals surface area contributed by atoms with Crippen LogP contribution in [0, 0.1) is 0 Å². The summed E-state index contributed by atoms with van der Waals surface area (Å²) in [5, 5.41) is 2.61. The van der Waals surface area contributed by atoms with Gasteiger partial charge >= 0.3 is 6.09 Å². The largest absolute Gasteiger partial charge is 0.444 e. The van der Waals surface area contributed by atoms with Crippen molar-refractivity contribution in [1.29, 1.82) is 0 Å². The number of carbonyl (C=O) groups is 2. The van der Waals surface area contributed by atoms with Gasteiger partial charge in [-0.3, -0.25) is 10.1 Å². The van der Waals surface area contributed by atoms with Gasteiger partial charge in [-0.2, -0.15) is 0 Å². The summed E-state index contributed by atoms with van der Waals surface area (Å²) in [6.07, 6.45) is 4.27. The summed E-state index contributed by atoms with van der Waals surface area (Å²) in [4.78, 5) is 26.3. The molecule has 0 unspecified atom stereocenters. The van der Waals surface area contributed by atoms with Gasteiger partial charge in [0.15, 0.2) is 0 Å². The topological polar surface area (TPSA) is 84.7 Å². The Hall–Kier alpha value is -2.60. The van der Waals surface area contributed by atoms with Gasteiger partial charge in [0, 0.05) is 5.70 Å². The summed E-state index contributed by atoms with van der Waals surface area (Å²) >= 11 is 0. The van der Waals surface area contributed by atoms with E-state index >= 15 is 0 Å². The van der Waals surface area contributed by atoms with E-state index in [-0.39, 0.29) is 5.57 Å². The molecule has 166 valence electrons. The molecular weight excluding hydrogens is 378 g/mol. The van der Waals surface area contributed by atoms with E-state index in [1.165, 1.54) is 5.56 Å². The van der Waals surface area contributed by atoms with Crippen LogP contribution in [-0.4, -0.2) is 43.1 Å². The molecule has 0 atom stereocenters. The molecule has 30 heavy (non-hydrogen) atoms. The van der Waals surface area contributed by atoms with Crippen molar-refractivity contribution in [3.05, 3.63) is 52.7 Å². The molecule has 0 saturated heterocycles. The second-order valence-electron chi connectivity index (χ2n) is 8.77. The lowest BCUT2D eigenvalue weighted by Gasteiger charge is -2.20. The van der Waals surface area contributed by atoms with Gasteiger partial charge in [0.2, 0.25) is 5.91 Å². The Morgan fingerprint density at radius 1 is 1.13 bits per heavy atom. The number of amides is 2. The molecular formula is C24H37N3O3. The van der Waals surface area contributed by atoms with Crippen LogP contribution in [0.1, 0.15) is 58.6 Å². The van der Waals surface area contributed by atoms with Gasteiger partial charge < -0.3 is 15.4 Å². The molecule has 0 aliphatic rings. The molecule has 3 N–H and O–H groups in total. The van der Waals surface area contributed by atoms with Gasteiger partial charge in [-0.1, -0.05) is 24.3 Å². The molecule has 0 radical (unpaired) electrons. The van der Waals surface area contributed by atoms with E-state index in [0.29, 0.717) is 5.70 Å². The minimum Gasteiger partial charge on any atom is -0.444 e. The van der Waals surface area contributed by atoms with E-state index in [1.54, 1.807) is 33.8 Å². The smallest absolute Gasteiger partial charge is 0.411 e. The normalized spacial score (nSPS) is 13.1.